The molecule has 0 rings (SSSR count). The van der Waals surface area contributed by atoms with E-state index in [2.05, 4.69) is 69.2 Å². The molecule has 7 heteroatoms. The van der Waals surface area contributed by atoms with Gasteiger partial charge in [-0.3, -0.25) is 0 Å². The number of aliphatic hydroxyl groups is 7. The Morgan fingerprint density at radius 3 is 0.263 bits per heavy atom. The third-order valence-corrected chi connectivity index (χ3v) is 0. The van der Waals surface area contributed by atoms with Gasteiger partial charge in [-0.05, 0) is 27.7 Å². The van der Waals surface area contributed by atoms with Gasteiger partial charge in [0.05, 0.1) is 0 Å². The van der Waals surface area contributed by atoms with Crippen LogP contribution in [-0.2, 0) is 0 Å². The predicted octanol–water partition coefficient (Wildman–Crippen LogP) is 8.84. The number of hydrogen-bond acceptors (Lipinski definition) is 7. The molecule has 260 valence electrons. The van der Waals surface area contributed by atoms with E-state index in [1.807, 2.05) is 13.8 Å². The summed E-state index contributed by atoms with van der Waals surface area (Å²) >= 11 is 0. The highest BCUT2D eigenvalue weighted by Gasteiger charge is 1.37. The third kappa shape index (κ3) is 549000. The van der Waals surface area contributed by atoms with Crippen LogP contribution in [0.15, 0.2) is 0 Å². The molecule has 0 aliphatic heterocycles. The maximum Gasteiger partial charge on any atom is 0.0402 e. The van der Waals surface area contributed by atoms with Crippen LogP contribution in [0.3, 0.4) is 0 Å². The molecule has 0 unspecified atom stereocenters. The van der Waals surface area contributed by atoms with Gasteiger partial charge in [-0.1, -0.05) is 137 Å². The number of hydrogen-bond donors (Lipinski definition) is 7. The van der Waals surface area contributed by atoms with Gasteiger partial charge in [0.2, 0.25) is 0 Å². The molecule has 0 spiro atoms. The number of rotatable bonds is 0. The molecule has 38 heavy (non-hydrogen) atoms. The Morgan fingerprint density at radius 2 is 0.263 bits per heavy atom. The average Bonchev–Trinajstić information content (AvgIpc) is 2.84. The lowest BCUT2D eigenvalue weighted by molar-refractivity contribution is 0.318. The summed E-state index contributed by atoms with van der Waals surface area (Å²) in [4.78, 5) is 0. The van der Waals surface area contributed by atoms with Gasteiger partial charge in [0.25, 0.3) is 0 Å². The van der Waals surface area contributed by atoms with E-state index in [1.54, 1.807) is 27.7 Å². The van der Waals surface area contributed by atoms with Gasteiger partial charge in [0.1, 0.15) is 0 Å². The summed E-state index contributed by atoms with van der Waals surface area (Å²) < 4.78 is 0. The lowest BCUT2D eigenvalue weighted by Gasteiger charge is -1.52. The van der Waals surface area contributed by atoms with Crippen LogP contribution in [0.1, 0.15) is 165 Å². The smallest absolute Gasteiger partial charge is 0.0402 e. The van der Waals surface area contributed by atoms with E-state index >= 15 is 0 Å². The van der Waals surface area contributed by atoms with E-state index < -0.39 is 0 Å². The molecule has 7 N–H and O–H groups in total. The SMILES string of the molecule is C.C.C.CC.CCC.CCC.CCC.CCC.CCC.CCO.CCO.CCO.CCO.CO.CO.CO. The Bertz CT molecular complexity index is 54.7. The highest BCUT2D eigenvalue weighted by molar-refractivity contribution is 3.93. The van der Waals surface area contributed by atoms with Gasteiger partial charge in [0.15, 0.2) is 0 Å². The normalized spacial score (nSPS) is 4.89. The molecule has 0 bridgehead atoms. The van der Waals surface area contributed by atoms with Crippen molar-refractivity contribution in [2.45, 2.75) is 165 Å². The molecule has 0 radical (unpaired) electrons. The van der Waals surface area contributed by atoms with Crippen LogP contribution in [0.25, 0.3) is 0 Å². The molecule has 0 aliphatic rings. The van der Waals surface area contributed by atoms with Crippen molar-refractivity contribution in [1.82, 2.24) is 0 Å². The lowest BCUT2D eigenvalue weighted by atomic mass is 10.6. The molecule has 0 aromatic carbocycles. The highest BCUT2D eigenvalue weighted by atomic mass is 16.3. The van der Waals surface area contributed by atoms with Gasteiger partial charge in [-0.2, -0.15) is 0 Å². The van der Waals surface area contributed by atoms with Crippen LogP contribution < -0.4 is 0 Å². The minimum Gasteiger partial charge on any atom is -0.400 e. The Labute approximate surface area is 248 Å². The Morgan fingerprint density at radius 1 is 0.263 bits per heavy atom. The van der Waals surface area contributed by atoms with Gasteiger partial charge in [-0.15, -0.1) is 0 Å². The zero-order chi connectivity index (χ0) is 32.4. The van der Waals surface area contributed by atoms with E-state index in [4.69, 9.17) is 35.7 Å². The van der Waals surface area contributed by atoms with Crippen molar-refractivity contribution < 1.29 is 35.7 Å². The maximum absolute atomic E-state index is 7.57. The van der Waals surface area contributed by atoms with E-state index in [0.29, 0.717) is 0 Å². The van der Waals surface area contributed by atoms with Crippen molar-refractivity contribution in [1.29, 1.82) is 0 Å². The van der Waals surface area contributed by atoms with Gasteiger partial charge in [0, 0.05) is 47.8 Å². The summed E-state index contributed by atoms with van der Waals surface area (Å²) in [5.41, 5.74) is 0. The van der Waals surface area contributed by atoms with E-state index in [1.165, 1.54) is 32.1 Å². The second-order valence-electron chi connectivity index (χ2n) is 4.80. The van der Waals surface area contributed by atoms with Crippen molar-refractivity contribution in [2.75, 3.05) is 47.8 Å². The molecule has 0 saturated carbocycles. The molecule has 7 nitrogen and oxygen atoms in total. The monoisotopic (exact) mass is 579 g/mol. The van der Waals surface area contributed by atoms with E-state index in [0.717, 1.165) is 21.3 Å². The minimum absolute atomic E-state index is 0. The second kappa shape index (κ2) is 616. The fourth-order valence-corrected chi connectivity index (χ4v) is 0. The Balaban J connectivity index is -0.00000000983. The van der Waals surface area contributed by atoms with Gasteiger partial charge < -0.3 is 35.7 Å². The van der Waals surface area contributed by atoms with Crippen molar-refractivity contribution in [3.05, 3.63) is 0 Å². The summed E-state index contributed by atoms with van der Waals surface area (Å²) in [7, 11) is 3.00. The standard InChI is InChI=1S/5C3H8.4C2H6O.C2H6.3CH4O.3CH4/c5*1-3-2;4*1-2-3;4*1-2;;;/h5*3H2,1-2H3;4*3H,2H2,1H3;1-2H3;3*2H,1H3;3*1H4. The Kier molecular flexibility index (Phi) is 1750. The van der Waals surface area contributed by atoms with E-state index in [-0.39, 0.29) is 48.7 Å². The molecule has 0 amide bonds. The van der Waals surface area contributed by atoms with Crippen LogP contribution >= 0.6 is 0 Å². The molecule has 0 aliphatic carbocycles. The first-order valence-electron chi connectivity index (χ1n) is 13.5. The average molecular weight is 579 g/mol. The van der Waals surface area contributed by atoms with Crippen LogP contribution in [0, 0.1) is 0 Å². The molecule has 0 atom stereocenters. The molecule has 0 aromatic heterocycles. The summed E-state index contributed by atoms with van der Waals surface area (Å²) in [6.45, 7) is 33.0. The minimum atomic E-state index is 0. The lowest BCUT2D eigenvalue weighted by Crippen LogP contribution is -1.57. The van der Waals surface area contributed by atoms with Crippen LogP contribution in [0.4, 0.5) is 0 Å². The zero-order valence-electron chi connectivity index (χ0n) is 28.5. The molecule has 0 saturated heterocycles. The first-order valence-corrected chi connectivity index (χ1v) is 13.5. The summed E-state index contributed by atoms with van der Waals surface area (Å²) in [5, 5.41) is 51.3. The second-order valence-corrected chi connectivity index (χ2v) is 4.80. The first kappa shape index (κ1) is 108. The molecule has 0 aromatic rings. The van der Waals surface area contributed by atoms with Crippen molar-refractivity contribution in [2.24, 2.45) is 0 Å². The molecule has 0 heterocycles. The van der Waals surface area contributed by atoms with Crippen LogP contribution in [0.5, 0.6) is 0 Å². The van der Waals surface area contributed by atoms with Gasteiger partial charge in [-0.25, -0.2) is 0 Å². The molecule has 0 fully saturated rings. The maximum atomic E-state index is 7.57. The number of aliphatic hydroxyl groups excluding tert-OH is 7. The fraction of sp³-hybridized carbons (Fsp3) is 1.00. The van der Waals surface area contributed by atoms with E-state index in [9.17, 15) is 0 Å². The summed E-state index contributed by atoms with van der Waals surface area (Å²) in [6.07, 6.45) is 6.25. The van der Waals surface area contributed by atoms with Crippen LogP contribution in [0.2, 0.25) is 0 Å². The fourth-order valence-electron chi connectivity index (χ4n) is 0. The quantitative estimate of drug-likeness (QED) is 0.152. The summed E-state index contributed by atoms with van der Waals surface area (Å²) in [5.74, 6) is 0. The molecular weight excluding hydrogens is 484 g/mol. The predicted molar refractivity (Wildman–Crippen MR) is 187 cm³/mol. The first-order chi connectivity index (χ1) is 16.7. The van der Waals surface area contributed by atoms with Crippen LogP contribution in [-0.4, -0.2) is 83.5 Å². The third-order valence-electron chi connectivity index (χ3n) is 0. The largest absolute Gasteiger partial charge is 0.400 e. The molecular formula is C31H94O7. The van der Waals surface area contributed by atoms with Gasteiger partial charge >= 0.3 is 0 Å². The van der Waals surface area contributed by atoms with Crippen molar-refractivity contribution in [3.8, 4) is 0 Å². The zero-order valence-corrected chi connectivity index (χ0v) is 28.5. The summed E-state index contributed by atoms with van der Waals surface area (Å²) in [6, 6.07) is 0. The highest BCUT2D eigenvalue weighted by Crippen LogP contribution is 1.57. The Hall–Kier alpha value is -0.280. The van der Waals surface area contributed by atoms with Crippen molar-refractivity contribution >= 4 is 0 Å². The van der Waals surface area contributed by atoms with Crippen molar-refractivity contribution in [3.63, 3.8) is 0 Å². The topological polar surface area (TPSA) is 142 Å².